The summed E-state index contributed by atoms with van der Waals surface area (Å²) in [7, 11) is -0.711. The summed E-state index contributed by atoms with van der Waals surface area (Å²) >= 11 is 5.31. The van der Waals surface area contributed by atoms with Crippen LogP contribution in [0.25, 0.3) is 0 Å². The first-order valence-electron chi connectivity index (χ1n) is 4.93. The van der Waals surface area contributed by atoms with Crippen molar-refractivity contribution < 1.29 is 22.7 Å². The number of benzene rings is 1. The standard InChI is InChI=1S/C11H13ClO5S/c1-16-8-6-10(18(3,14)15)9(17-2)4-7(8)5-11(12)13/h4,6H,5H2,1-3H3. The average molecular weight is 293 g/mol. The molecule has 100 valence electrons. The highest BCUT2D eigenvalue weighted by Gasteiger charge is 2.19. The quantitative estimate of drug-likeness (QED) is 0.768. The van der Waals surface area contributed by atoms with Gasteiger partial charge in [-0.3, -0.25) is 4.79 Å². The van der Waals surface area contributed by atoms with E-state index in [2.05, 4.69) is 0 Å². The van der Waals surface area contributed by atoms with Crippen LogP contribution in [0.3, 0.4) is 0 Å². The van der Waals surface area contributed by atoms with Gasteiger partial charge in [-0.05, 0) is 17.7 Å². The predicted molar refractivity (Wildman–Crippen MR) is 67.2 cm³/mol. The van der Waals surface area contributed by atoms with Gasteiger partial charge in [-0.1, -0.05) is 0 Å². The van der Waals surface area contributed by atoms with Crippen LogP contribution in [0.4, 0.5) is 0 Å². The third-order valence-electron chi connectivity index (χ3n) is 2.30. The van der Waals surface area contributed by atoms with Crippen LogP contribution in [0, 0.1) is 0 Å². The molecule has 0 aromatic heterocycles. The molecule has 0 spiro atoms. The van der Waals surface area contributed by atoms with Gasteiger partial charge < -0.3 is 9.47 Å². The predicted octanol–water partition coefficient (Wildman–Crippen LogP) is 1.42. The summed E-state index contributed by atoms with van der Waals surface area (Å²) in [5, 5.41) is -0.567. The van der Waals surface area contributed by atoms with Gasteiger partial charge in [-0.15, -0.1) is 0 Å². The van der Waals surface area contributed by atoms with E-state index in [9.17, 15) is 13.2 Å². The van der Waals surface area contributed by atoms with Crippen LogP contribution in [0.5, 0.6) is 11.5 Å². The lowest BCUT2D eigenvalue weighted by Crippen LogP contribution is -2.05. The van der Waals surface area contributed by atoms with Crippen molar-refractivity contribution >= 4 is 26.7 Å². The van der Waals surface area contributed by atoms with Crippen LogP contribution < -0.4 is 9.47 Å². The summed E-state index contributed by atoms with van der Waals surface area (Å²) < 4.78 is 33.2. The summed E-state index contributed by atoms with van der Waals surface area (Å²) in [5.74, 6) is 0.441. The molecule has 0 bridgehead atoms. The lowest BCUT2D eigenvalue weighted by Gasteiger charge is -2.12. The van der Waals surface area contributed by atoms with Gasteiger partial charge in [-0.25, -0.2) is 8.42 Å². The minimum atomic E-state index is -3.45. The van der Waals surface area contributed by atoms with E-state index >= 15 is 0 Å². The van der Waals surface area contributed by atoms with Crippen LogP contribution in [-0.2, 0) is 21.1 Å². The maximum atomic E-state index is 11.6. The lowest BCUT2D eigenvalue weighted by atomic mass is 10.1. The van der Waals surface area contributed by atoms with E-state index in [0.29, 0.717) is 5.56 Å². The van der Waals surface area contributed by atoms with Gasteiger partial charge in [0, 0.05) is 17.9 Å². The molecule has 1 aromatic carbocycles. The zero-order valence-electron chi connectivity index (χ0n) is 10.2. The van der Waals surface area contributed by atoms with E-state index in [1.807, 2.05) is 0 Å². The largest absolute Gasteiger partial charge is 0.496 e. The molecule has 0 atom stereocenters. The Morgan fingerprint density at radius 2 is 1.78 bits per heavy atom. The van der Waals surface area contributed by atoms with Gasteiger partial charge in [0.2, 0.25) is 5.24 Å². The van der Waals surface area contributed by atoms with Gasteiger partial charge in [0.25, 0.3) is 0 Å². The normalized spacial score (nSPS) is 11.1. The first-order chi connectivity index (χ1) is 8.29. The van der Waals surface area contributed by atoms with E-state index in [1.54, 1.807) is 0 Å². The Balaban J connectivity index is 3.46. The number of ether oxygens (including phenoxy) is 2. The molecule has 0 saturated heterocycles. The third-order valence-corrected chi connectivity index (χ3v) is 3.55. The van der Waals surface area contributed by atoms with Crippen molar-refractivity contribution in [3.8, 4) is 11.5 Å². The number of halogens is 1. The molecular weight excluding hydrogens is 280 g/mol. The fourth-order valence-corrected chi connectivity index (χ4v) is 2.48. The Morgan fingerprint density at radius 3 is 2.17 bits per heavy atom. The molecule has 0 saturated carbocycles. The molecule has 7 heteroatoms. The van der Waals surface area contributed by atoms with Crippen molar-refractivity contribution in [2.24, 2.45) is 0 Å². The monoisotopic (exact) mass is 292 g/mol. The van der Waals surface area contributed by atoms with Gasteiger partial charge in [0.05, 0.1) is 20.6 Å². The highest BCUT2D eigenvalue weighted by molar-refractivity contribution is 7.90. The van der Waals surface area contributed by atoms with Crippen LogP contribution in [0.15, 0.2) is 17.0 Å². The Morgan fingerprint density at radius 1 is 1.22 bits per heavy atom. The SMILES string of the molecule is COc1cc(S(C)(=O)=O)c(OC)cc1CC(=O)Cl. The second kappa shape index (κ2) is 5.58. The molecule has 0 fully saturated rings. The van der Waals surface area contributed by atoms with Crippen molar-refractivity contribution in [1.82, 2.24) is 0 Å². The van der Waals surface area contributed by atoms with Crippen molar-refractivity contribution in [3.63, 3.8) is 0 Å². The fourth-order valence-electron chi connectivity index (χ4n) is 1.51. The van der Waals surface area contributed by atoms with E-state index in [1.165, 1.54) is 26.4 Å². The molecule has 5 nitrogen and oxygen atoms in total. The van der Waals surface area contributed by atoms with Crippen molar-refractivity contribution in [2.75, 3.05) is 20.5 Å². The Labute approximate surface area is 111 Å². The number of carbonyl (C=O) groups is 1. The van der Waals surface area contributed by atoms with Gasteiger partial charge in [-0.2, -0.15) is 0 Å². The minimum Gasteiger partial charge on any atom is -0.496 e. The molecular formula is C11H13ClO5S. The van der Waals surface area contributed by atoms with E-state index < -0.39 is 15.1 Å². The molecule has 1 rings (SSSR count). The summed E-state index contributed by atoms with van der Waals surface area (Å²) in [6, 6.07) is 2.76. The molecule has 1 aromatic rings. The summed E-state index contributed by atoms with van der Waals surface area (Å²) in [6.07, 6.45) is 1.00. The Bertz CT molecular complexity index is 565. The molecule has 0 unspecified atom stereocenters. The fraction of sp³-hybridized carbons (Fsp3) is 0.364. The highest BCUT2D eigenvalue weighted by atomic mass is 35.5. The molecule has 0 radical (unpaired) electrons. The van der Waals surface area contributed by atoms with Crippen LogP contribution in [0.1, 0.15) is 5.56 Å². The van der Waals surface area contributed by atoms with Crippen LogP contribution in [0.2, 0.25) is 0 Å². The van der Waals surface area contributed by atoms with Crippen molar-refractivity contribution in [1.29, 1.82) is 0 Å². The third kappa shape index (κ3) is 3.36. The average Bonchev–Trinajstić information content (AvgIpc) is 2.26. The Kier molecular flexibility index (Phi) is 4.59. The topological polar surface area (TPSA) is 69.7 Å². The van der Waals surface area contributed by atoms with Gasteiger partial charge >= 0.3 is 0 Å². The summed E-state index contributed by atoms with van der Waals surface area (Å²) in [5.41, 5.74) is 0.474. The maximum absolute atomic E-state index is 11.6. The number of methoxy groups -OCH3 is 2. The van der Waals surface area contributed by atoms with Crippen molar-refractivity contribution in [2.45, 2.75) is 11.3 Å². The zero-order valence-corrected chi connectivity index (χ0v) is 11.8. The highest BCUT2D eigenvalue weighted by Crippen LogP contribution is 2.32. The number of carbonyl (C=O) groups excluding carboxylic acids is 1. The van der Waals surface area contributed by atoms with Crippen molar-refractivity contribution in [3.05, 3.63) is 17.7 Å². The van der Waals surface area contributed by atoms with Crippen LogP contribution >= 0.6 is 11.6 Å². The molecule has 18 heavy (non-hydrogen) atoms. The molecule has 0 aliphatic heterocycles. The maximum Gasteiger partial charge on any atom is 0.226 e. The number of hydrogen-bond donors (Lipinski definition) is 0. The van der Waals surface area contributed by atoms with E-state index in [4.69, 9.17) is 21.1 Å². The number of hydrogen-bond acceptors (Lipinski definition) is 5. The molecule has 0 aliphatic carbocycles. The van der Waals surface area contributed by atoms with E-state index in [-0.39, 0.29) is 22.8 Å². The number of sulfone groups is 1. The molecule has 0 aliphatic rings. The molecule has 0 N–H and O–H groups in total. The number of rotatable bonds is 5. The second-order valence-corrected chi connectivity index (χ2v) is 6.02. The zero-order chi connectivity index (χ0) is 13.9. The first-order valence-corrected chi connectivity index (χ1v) is 7.19. The Hall–Kier alpha value is -1.27. The lowest BCUT2D eigenvalue weighted by molar-refractivity contribution is -0.111. The van der Waals surface area contributed by atoms with E-state index in [0.717, 1.165) is 6.26 Å². The minimum absolute atomic E-state index is 0.00706. The smallest absolute Gasteiger partial charge is 0.226 e. The second-order valence-electron chi connectivity index (χ2n) is 3.62. The van der Waals surface area contributed by atoms with Gasteiger partial charge in [0.1, 0.15) is 16.4 Å². The summed E-state index contributed by atoms with van der Waals surface area (Å²) in [6.45, 7) is 0. The molecule has 0 heterocycles. The van der Waals surface area contributed by atoms with Crippen LogP contribution in [-0.4, -0.2) is 34.1 Å². The summed E-state index contributed by atoms with van der Waals surface area (Å²) in [4.78, 5) is 10.9. The molecule has 0 amide bonds. The first kappa shape index (κ1) is 14.8. The van der Waals surface area contributed by atoms with Gasteiger partial charge in [0.15, 0.2) is 9.84 Å².